The fraction of sp³-hybridized carbons (Fsp3) is 0.545. The third-order valence-electron chi connectivity index (χ3n) is 1.71. The van der Waals surface area contributed by atoms with E-state index in [0.29, 0.717) is 15.2 Å². The van der Waals surface area contributed by atoms with Crippen molar-refractivity contribution in [3.63, 3.8) is 0 Å². The van der Waals surface area contributed by atoms with Gasteiger partial charge >= 0.3 is 0 Å². The molecule has 0 N–H and O–H groups in total. The van der Waals surface area contributed by atoms with Gasteiger partial charge < -0.3 is 0 Å². The Morgan fingerprint density at radius 3 is 2.50 bits per heavy atom. The van der Waals surface area contributed by atoms with Crippen LogP contribution in [0.4, 0.5) is 0 Å². The van der Waals surface area contributed by atoms with Gasteiger partial charge in [0, 0.05) is 0 Å². The first-order chi connectivity index (χ1) is 5.66. The molecule has 3 radical (unpaired) electrons. The zero-order valence-electron chi connectivity index (χ0n) is 8.43. The van der Waals surface area contributed by atoms with Crippen LogP contribution in [-0.4, -0.2) is 15.2 Å². The largest absolute Gasteiger partial charge is 0.201 e. The van der Waals surface area contributed by atoms with Crippen molar-refractivity contribution < 1.29 is 0 Å². The molecule has 0 nitrogen and oxygen atoms in total. The van der Waals surface area contributed by atoms with E-state index in [4.69, 9.17) is 6.92 Å². The number of hydrogen-bond donors (Lipinski definition) is 0. The molecule has 65 valence electrons. The minimum atomic E-state index is 0.625. The van der Waals surface area contributed by atoms with Crippen molar-refractivity contribution in [2.75, 3.05) is 0 Å². The van der Waals surface area contributed by atoms with Crippen molar-refractivity contribution in [2.45, 2.75) is 37.8 Å². The zero-order chi connectivity index (χ0) is 9.40. The van der Waals surface area contributed by atoms with Crippen molar-refractivity contribution in [2.24, 2.45) is 0 Å². The summed E-state index contributed by atoms with van der Waals surface area (Å²) in [5.74, 6) is 2.29. The fourth-order valence-corrected chi connectivity index (χ4v) is 1.59. The lowest BCUT2D eigenvalue weighted by molar-refractivity contribution is 0.967. The lowest BCUT2D eigenvalue weighted by atomic mass is 10.1. The topological polar surface area (TPSA) is 0 Å². The van der Waals surface area contributed by atoms with Crippen LogP contribution in [-0.2, 0) is 0 Å². The number of hydrogen-bond acceptors (Lipinski definition) is 0. The molecule has 0 aliphatic rings. The molecule has 0 aliphatic heterocycles. The predicted octanol–water partition coefficient (Wildman–Crippen LogP) is 3.54. The molecule has 0 aromatic rings. The molecule has 0 atom stereocenters. The molecule has 0 heterocycles. The third kappa shape index (κ3) is 8.11. The molecular weight excluding hydrogens is 159 g/mol. The average Bonchev–Trinajstić information content (AvgIpc) is 2.00. The van der Waals surface area contributed by atoms with E-state index in [1.54, 1.807) is 0 Å². The van der Waals surface area contributed by atoms with Crippen LogP contribution in [0.15, 0.2) is 23.3 Å². The van der Waals surface area contributed by atoms with Crippen molar-refractivity contribution in [3.05, 3.63) is 30.2 Å². The maximum absolute atomic E-state index is 5.52. The van der Waals surface area contributed by atoms with Gasteiger partial charge in [0.25, 0.3) is 0 Å². The van der Waals surface area contributed by atoms with Crippen molar-refractivity contribution in [3.8, 4) is 0 Å². The van der Waals surface area contributed by atoms with E-state index in [-0.39, 0.29) is 0 Å². The molecular formula is C11H18Al. The summed E-state index contributed by atoms with van der Waals surface area (Å²) in [6.45, 7) is 9.67. The minimum absolute atomic E-state index is 0.625. The number of rotatable bonds is 5. The van der Waals surface area contributed by atoms with Gasteiger partial charge in [-0.25, -0.2) is 0 Å². The Kier molecular flexibility index (Phi) is 7.66. The quantitative estimate of drug-likeness (QED) is 0.445. The lowest BCUT2D eigenvalue weighted by Crippen LogP contribution is -1.80. The Morgan fingerprint density at radius 1 is 1.33 bits per heavy atom. The summed E-state index contributed by atoms with van der Waals surface area (Å²) in [6.07, 6.45) is 6.70. The van der Waals surface area contributed by atoms with Crippen LogP contribution in [0.25, 0.3) is 0 Å². The summed E-state index contributed by atoms with van der Waals surface area (Å²) in [5.41, 5.74) is 2.44. The van der Waals surface area contributed by atoms with Crippen molar-refractivity contribution >= 4 is 15.2 Å². The first-order valence-electron chi connectivity index (χ1n) is 4.52. The smallest absolute Gasteiger partial charge is 0.114 e. The van der Waals surface area contributed by atoms with E-state index in [9.17, 15) is 0 Å². The van der Waals surface area contributed by atoms with Gasteiger partial charge in [0.1, 0.15) is 0 Å². The Hall–Kier alpha value is 0.0125. The molecule has 0 rings (SSSR count). The van der Waals surface area contributed by atoms with Gasteiger partial charge in [0.05, 0.1) is 0 Å². The summed E-state index contributed by atoms with van der Waals surface area (Å²) in [6, 6.07) is 0. The second-order valence-electron chi connectivity index (χ2n) is 3.18. The van der Waals surface area contributed by atoms with E-state index < -0.39 is 0 Å². The predicted molar refractivity (Wildman–Crippen MR) is 57.5 cm³/mol. The first kappa shape index (κ1) is 12.0. The molecule has 1 heteroatoms. The molecule has 0 bridgehead atoms. The van der Waals surface area contributed by atoms with Crippen LogP contribution in [0.5, 0.6) is 0 Å². The van der Waals surface area contributed by atoms with Crippen LogP contribution in [0.2, 0.25) is 11.1 Å². The summed E-state index contributed by atoms with van der Waals surface area (Å²) in [4.78, 5) is 0. The highest BCUT2D eigenvalue weighted by atomic mass is 27.1. The molecule has 0 amide bonds. The van der Waals surface area contributed by atoms with Gasteiger partial charge in [0.2, 0.25) is 15.2 Å². The molecule has 12 heavy (non-hydrogen) atoms. The highest BCUT2D eigenvalue weighted by Crippen LogP contribution is 2.07. The minimum Gasteiger partial charge on any atom is -0.114 e. The molecule has 0 unspecified atom stereocenters. The summed E-state index contributed by atoms with van der Waals surface area (Å²) in [7, 11) is 0. The second-order valence-corrected chi connectivity index (χ2v) is 4.47. The standard InChI is InChI=1S/C10H15.CH3.Al/c1-5-10(4)8-6-7-9(2)3;;/h2,5,7H,1,6,8H2,3-4H3;1H3;/b9-7-,10-5+;;. The van der Waals surface area contributed by atoms with E-state index in [2.05, 4.69) is 24.9 Å². The van der Waals surface area contributed by atoms with E-state index in [1.807, 2.05) is 6.92 Å². The highest BCUT2D eigenvalue weighted by Gasteiger charge is 1.88. The Bertz CT molecular complexity index is 162. The number of allylic oxidation sites excluding steroid dienone is 4. The van der Waals surface area contributed by atoms with Gasteiger partial charge in [-0.2, -0.15) is 0 Å². The van der Waals surface area contributed by atoms with Gasteiger partial charge in [-0.3, -0.25) is 0 Å². The average molecular weight is 177 g/mol. The van der Waals surface area contributed by atoms with Crippen LogP contribution >= 0.6 is 0 Å². The van der Waals surface area contributed by atoms with E-state index >= 15 is 0 Å². The fourth-order valence-electron chi connectivity index (χ4n) is 0.949. The summed E-state index contributed by atoms with van der Waals surface area (Å²) < 4.78 is 0. The third-order valence-corrected chi connectivity index (χ3v) is 2.41. The zero-order valence-corrected chi connectivity index (χ0v) is 9.59. The molecule has 0 aromatic carbocycles. The van der Waals surface area contributed by atoms with Crippen LogP contribution in [0, 0.1) is 6.92 Å². The van der Waals surface area contributed by atoms with E-state index in [0.717, 1.165) is 18.4 Å². The van der Waals surface area contributed by atoms with Gasteiger partial charge in [0.15, 0.2) is 0 Å². The van der Waals surface area contributed by atoms with Gasteiger partial charge in [-0.1, -0.05) is 28.6 Å². The molecule has 0 fully saturated rings. The lowest BCUT2D eigenvalue weighted by Gasteiger charge is -1.97. The van der Waals surface area contributed by atoms with Gasteiger partial charge in [-0.05, 0) is 33.6 Å². The van der Waals surface area contributed by atoms with Crippen LogP contribution in [0.3, 0.4) is 0 Å². The van der Waals surface area contributed by atoms with Crippen molar-refractivity contribution in [1.29, 1.82) is 0 Å². The maximum atomic E-state index is 5.52. The Labute approximate surface area is 83.5 Å². The van der Waals surface area contributed by atoms with Crippen LogP contribution in [0.1, 0.15) is 26.7 Å². The highest BCUT2D eigenvalue weighted by molar-refractivity contribution is 6.34. The Morgan fingerprint density at radius 2 is 2.00 bits per heavy atom. The monoisotopic (exact) mass is 177 g/mol. The van der Waals surface area contributed by atoms with Crippen LogP contribution < -0.4 is 0 Å². The summed E-state index contributed by atoms with van der Waals surface area (Å²) >= 11 is 0.625. The van der Waals surface area contributed by atoms with Crippen molar-refractivity contribution in [1.82, 2.24) is 0 Å². The Balaban J connectivity index is 3.56. The summed E-state index contributed by atoms with van der Waals surface area (Å²) in [5, 5.41) is 1.29. The normalized spacial score (nSPS) is 13.3. The molecule has 0 spiro atoms. The maximum Gasteiger partial charge on any atom is 0.201 e. The molecule has 0 aliphatic carbocycles. The van der Waals surface area contributed by atoms with Gasteiger partial charge in [-0.15, -0.1) is 5.79 Å². The SMILES string of the molecule is [CH]/C(C)=C/CC/C(C)=C/[CH2][Al][CH3]. The molecule has 0 saturated heterocycles. The molecule has 0 aromatic heterocycles. The van der Waals surface area contributed by atoms with E-state index in [1.165, 1.54) is 10.9 Å². The second kappa shape index (κ2) is 7.65. The first-order valence-corrected chi connectivity index (χ1v) is 6.49. The molecule has 0 saturated carbocycles.